The van der Waals surface area contributed by atoms with E-state index in [1.54, 1.807) is 18.5 Å². The van der Waals surface area contributed by atoms with Crippen molar-refractivity contribution in [1.29, 1.82) is 10.8 Å². The van der Waals surface area contributed by atoms with Gasteiger partial charge in [-0.1, -0.05) is 17.7 Å². The van der Waals surface area contributed by atoms with Crippen molar-refractivity contribution >= 4 is 28.5 Å². The van der Waals surface area contributed by atoms with Gasteiger partial charge in [-0.05, 0) is 49.5 Å². The van der Waals surface area contributed by atoms with Crippen LogP contribution in [0.1, 0.15) is 28.8 Å². The van der Waals surface area contributed by atoms with Gasteiger partial charge >= 0.3 is 0 Å². The summed E-state index contributed by atoms with van der Waals surface area (Å²) in [5.41, 5.74) is 1.23. The number of allylic oxidation sites excluding steroid dienone is 1. The van der Waals surface area contributed by atoms with Crippen LogP contribution >= 0.6 is 11.6 Å². The lowest BCUT2D eigenvalue weighted by Crippen LogP contribution is -2.34. The first kappa shape index (κ1) is 22.6. The van der Waals surface area contributed by atoms with E-state index in [4.69, 9.17) is 27.2 Å². The first-order chi connectivity index (χ1) is 14.8. The van der Waals surface area contributed by atoms with Crippen molar-refractivity contribution < 1.29 is 9.53 Å². The van der Waals surface area contributed by atoms with Gasteiger partial charge in [-0.3, -0.25) is 25.4 Å². The number of hydrogen-bond acceptors (Lipinski definition) is 6. The second-order valence-corrected chi connectivity index (χ2v) is 7.84. The average molecular weight is 442 g/mol. The Morgan fingerprint density at radius 3 is 2.68 bits per heavy atom. The molecule has 1 aliphatic rings. The molecule has 9 heteroatoms. The Hall–Kier alpha value is -3.10. The van der Waals surface area contributed by atoms with Crippen LogP contribution in [0.3, 0.4) is 0 Å². The molecule has 1 fully saturated rings. The Kier molecular flexibility index (Phi) is 7.49. The standard InChI is InChI=1S/C22H24ClN5O3/c1-14-2-3-18(26-10-14)16-12-28(11-15-6-8-31-9-7-15)13-17(21(16)29)22(30)27-20(25)5-4-19(23)24/h2-5,10,12-13,15,24H,6-9,11H2,1H3,(H2,25,27,30)/b5-4-,24-19?. The number of amides is 1. The maximum atomic E-state index is 13.1. The molecule has 2 aromatic heterocycles. The van der Waals surface area contributed by atoms with Crippen LogP contribution in [0.15, 0.2) is 47.7 Å². The van der Waals surface area contributed by atoms with Gasteiger partial charge in [0.15, 0.2) is 0 Å². The zero-order chi connectivity index (χ0) is 22.4. The molecule has 8 nitrogen and oxygen atoms in total. The van der Waals surface area contributed by atoms with E-state index >= 15 is 0 Å². The zero-order valence-electron chi connectivity index (χ0n) is 17.2. The molecule has 0 bridgehead atoms. The van der Waals surface area contributed by atoms with E-state index in [2.05, 4.69) is 10.3 Å². The summed E-state index contributed by atoms with van der Waals surface area (Å²) in [6.07, 6.45) is 9.08. The van der Waals surface area contributed by atoms with Gasteiger partial charge in [-0.2, -0.15) is 0 Å². The molecule has 0 unspecified atom stereocenters. The number of aromatic nitrogens is 2. The van der Waals surface area contributed by atoms with Crippen LogP contribution in [0, 0.1) is 23.7 Å². The average Bonchev–Trinajstić information content (AvgIpc) is 2.74. The van der Waals surface area contributed by atoms with Crippen molar-refractivity contribution in [2.45, 2.75) is 26.3 Å². The van der Waals surface area contributed by atoms with Gasteiger partial charge in [0.25, 0.3) is 5.91 Å². The van der Waals surface area contributed by atoms with Gasteiger partial charge in [0.05, 0.1) is 11.3 Å². The highest BCUT2D eigenvalue weighted by Gasteiger charge is 2.20. The highest BCUT2D eigenvalue weighted by molar-refractivity contribution is 6.67. The Morgan fingerprint density at radius 1 is 1.29 bits per heavy atom. The van der Waals surface area contributed by atoms with Gasteiger partial charge in [-0.25, -0.2) is 0 Å². The second-order valence-electron chi connectivity index (χ2n) is 7.44. The molecule has 3 heterocycles. The number of amidine groups is 1. The molecule has 0 atom stereocenters. The van der Waals surface area contributed by atoms with Crippen molar-refractivity contribution in [3.05, 3.63) is 64.2 Å². The highest BCUT2D eigenvalue weighted by atomic mass is 35.5. The third-order valence-corrected chi connectivity index (χ3v) is 5.09. The van der Waals surface area contributed by atoms with Crippen molar-refractivity contribution in [3.63, 3.8) is 0 Å². The Bertz CT molecular complexity index is 1070. The number of rotatable bonds is 6. The van der Waals surface area contributed by atoms with E-state index in [0.717, 1.165) is 18.4 Å². The van der Waals surface area contributed by atoms with E-state index in [-0.39, 0.29) is 16.6 Å². The molecule has 0 aliphatic carbocycles. The molecule has 2 aromatic rings. The van der Waals surface area contributed by atoms with E-state index in [0.29, 0.717) is 36.9 Å². The number of nitrogens with zero attached hydrogens (tertiary/aromatic N) is 2. The summed E-state index contributed by atoms with van der Waals surface area (Å²) in [7, 11) is 0. The lowest BCUT2D eigenvalue weighted by atomic mass is 10.00. The van der Waals surface area contributed by atoms with Crippen molar-refractivity contribution in [1.82, 2.24) is 14.9 Å². The quantitative estimate of drug-likeness (QED) is 0.471. The van der Waals surface area contributed by atoms with Gasteiger partial charge < -0.3 is 14.6 Å². The molecule has 162 valence electrons. The van der Waals surface area contributed by atoms with Crippen molar-refractivity contribution in [3.8, 4) is 11.3 Å². The van der Waals surface area contributed by atoms with Gasteiger partial charge in [0.2, 0.25) is 5.43 Å². The van der Waals surface area contributed by atoms with E-state index in [1.165, 1.54) is 18.3 Å². The normalized spacial score (nSPS) is 14.5. The summed E-state index contributed by atoms with van der Waals surface area (Å²) in [6, 6.07) is 3.61. The smallest absolute Gasteiger partial charge is 0.262 e. The Morgan fingerprint density at radius 2 is 2.03 bits per heavy atom. The number of pyridine rings is 2. The van der Waals surface area contributed by atoms with Crippen molar-refractivity contribution in [2.24, 2.45) is 5.92 Å². The monoisotopic (exact) mass is 441 g/mol. The molecule has 31 heavy (non-hydrogen) atoms. The van der Waals surface area contributed by atoms with Gasteiger partial charge in [0.1, 0.15) is 16.6 Å². The van der Waals surface area contributed by atoms with Crippen LogP contribution in [0.5, 0.6) is 0 Å². The molecule has 1 saturated heterocycles. The number of carbonyl (C=O) groups is 1. The van der Waals surface area contributed by atoms with Gasteiger partial charge in [-0.15, -0.1) is 0 Å². The largest absolute Gasteiger partial charge is 0.381 e. The van der Waals surface area contributed by atoms with E-state index in [1.807, 2.05) is 17.6 Å². The predicted octanol–water partition coefficient (Wildman–Crippen LogP) is 3.12. The molecule has 0 aromatic carbocycles. The molecular weight excluding hydrogens is 418 g/mol. The molecule has 3 N–H and O–H groups in total. The van der Waals surface area contributed by atoms with Crippen LogP contribution in [0.2, 0.25) is 0 Å². The van der Waals surface area contributed by atoms with E-state index in [9.17, 15) is 9.59 Å². The van der Waals surface area contributed by atoms with Gasteiger partial charge in [0, 0.05) is 38.3 Å². The summed E-state index contributed by atoms with van der Waals surface area (Å²) >= 11 is 5.43. The third-order valence-electron chi connectivity index (χ3n) is 4.97. The van der Waals surface area contributed by atoms with E-state index < -0.39 is 11.3 Å². The first-order valence-corrected chi connectivity index (χ1v) is 10.3. The highest BCUT2D eigenvalue weighted by Crippen LogP contribution is 2.19. The SMILES string of the molecule is Cc1ccc(-c2cn(CC3CCOCC3)cc(C(=O)NC(=N)/C=C\C(=N)Cl)c2=O)nc1. The molecule has 1 amide bonds. The summed E-state index contributed by atoms with van der Waals surface area (Å²) < 4.78 is 7.26. The second kappa shape index (κ2) is 10.3. The Labute approximate surface area is 184 Å². The maximum absolute atomic E-state index is 13.1. The molecule has 1 aliphatic heterocycles. The predicted molar refractivity (Wildman–Crippen MR) is 120 cm³/mol. The fourth-order valence-electron chi connectivity index (χ4n) is 3.32. The molecule has 3 rings (SSSR count). The number of hydrogen-bond donors (Lipinski definition) is 3. The first-order valence-electron chi connectivity index (χ1n) is 9.90. The molecule has 0 radical (unpaired) electrons. The fraction of sp³-hybridized carbons (Fsp3) is 0.318. The summed E-state index contributed by atoms with van der Waals surface area (Å²) in [5, 5.41) is 17.1. The lowest BCUT2D eigenvalue weighted by Gasteiger charge is -2.23. The molecule has 0 spiro atoms. The molecule has 0 saturated carbocycles. The number of carbonyl (C=O) groups excluding carboxylic acids is 1. The lowest BCUT2D eigenvalue weighted by molar-refractivity contribution is 0.0612. The van der Waals surface area contributed by atoms with Crippen LogP contribution in [-0.2, 0) is 11.3 Å². The van der Waals surface area contributed by atoms with Crippen LogP contribution in [0.25, 0.3) is 11.3 Å². The minimum atomic E-state index is -0.699. The van der Waals surface area contributed by atoms with Crippen LogP contribution in [-0.4, -0.2) is 39.7 Å². The summed E-state index contributed by atoms with van der Waals surface area (Å²) in [4.78, 5) is 30.2. The summed E-state index contributed by atoms with van der Waals surface area (Å²) in [6.45, 7) is 3.95. The van der Waals surface area contributed by atoms with Crippen LogP contribution < -0.4 is 10.7 Å². The molecular formula is C22H24ClN5O3. The topological polar surface area (TPSA) is 121 Å². The minimum absolute atomic E-state index is 0.0777. The minimum Gasteiger partial charge on any atom is -0.381 e. The van der Waals surface area contributed by atoms with Crippen LogP contribution in [0.4, 0.5) is 0 Å². The third kappa shape index (κ3) is 6.19. The number of ether oxygens (including phenoxy) is 1. The number of nitrogens with one attached hydrogen (secondary N) is 3. The fourth-order valence-corrected chi connectivity index (χ4v) is 3.39. The zero-order valence-corrected chi connectivity index (χ0v) is 17.9. The maximum Gasteiger partial charge on any atom is 0.262 e. The number of aryl methyl sites for hydroxylation is 1. The summed E-state index contributed by atoms with van der Waals surface area (Å²) in [5.74, 6) is -0.595. The number of halogens is 1. The van der Waals surface area contributed by atoms with Crippen molar-refractivity contribution in [2.75, 3.05) is 13.2 Å². The Balaban J connectivity index is 1.96.